The Kier molecular flexibility index (Phi) is 6.04. The van der Waals surface area contributed by atoms with Crippen LogP contribution in [-0.2, 0) is 4.79 Å². The predicted octanol–water partition coefficient (Wildman–Crippen LogP) is 5.26. The van der Waals surface area contributed by atoms with Crippen LogP contribution in [0.1, 0.15) is 0 Å². The number of nitrogens with zero attached hydrogens (tertiary/aromatic N) is 4. The molecule has 0 radical (unpaired) electrons. The van der Waals surface area contributed by atoms with Crippen LogP contribution in [0.3, 0.4) is 0 Å². The first-order valence-corrected chi connectivity index (χ1v) is 12.6. The summed E-state index contributed by atoms with van der Waals surface area (Å²) in [5, 5.41) is 0. The minimum absolute atomic E-state index is 0.186. The third-order valence-corrected chi connectivity index (χ3v) is 7.20. The van der Waals surface area contributed by atoms with Gasteiger partial charge in [-0.05, 0) is 48.5 Å². The summed E-state index contributed by atoms with van der Waals surface area (Å²) in [6.07, 6.45) is -0.814. The zero-order valence-electron chi connectivity index (χ0n) is 20.2. The third kappa shape index (κ3) is 4.07. The molecule has 2 saturated heterocycles. The lowest BCUT2D eigenvalue weighted by atomic mass is 10.1. The highest BCUT2D eigenvalue weighted by molar-refractivity contribution is 5.99. The van der Waals surface area contributed by atoms with Gasteiger partial charge in [0.1, 0.15) is 0 Å². The van der Waals surface area contributed by atoms with Crippen molar-refractivity contribution in [3.63, 3.8) is 0 Å². The predicted molar refractivity (Wildman–Crippen MR) is 148 cm³/mol. The lowest BCUT2D eigenvalue weighted by Crippen LogP contribution is -2.57. The monoisotopic (exact) mass is 474 g/mol. The molecular formula is C31H30N4O. The van der Waals surface area contributed by atoms with E-state index in [2.05, 4.69) is 68.1 Å². The molecule has 0 bridgehead atoms. The topological polar surface area (TPSA) is 30.0 Å². The zero-order chi connectivity index (χ0) is 24.3. The van der Waals surface area contributed by atoms with E-state index < -0.39 is 12.3 Å². The molecule has 4 aromatic carbocycles. The fourth-order valence-electron chi connectivity index (χ4n) is 5.56. The van der Waals surface area contributed by atoms with E-state index in [9.17, 15) is 4.79 Å². The largest absolute Gasteiger partial charge is 0.343 e. The number of para-hydroxylation sites is 4. The number of hydrogen-bond acceptors (Lipinski definition) is 5. The number of hydrogen-bond donors (Lipinski definition) is 0. The first-order valence-electron chi connectivity index (χ1n) is 12.6. The molecule has 0 aromatic heterocycles. The van der Waals surface area contributed by atoms with Gasteiger partial charge < -0.3 is 19.6 Å². The standard InChI is InChI=1S/C31H30N4O/c36-29(30-32(25-13-5-1-6-14-25)21-22-33(30)26-15-7-2-8-16-26)31-34(27-17-9-3-10-18-27)23-24-35(31)28-19-11-4-12-20-28/h1-20,30-31H,21-24H2. The molecule has 6 rings (SSSR count). The van der Waals surface area contributed by atoms with E-state index in [-0.39, 0.29) is 5.78 Å². The van der Waals surface area contributed by atoms with Crippen LogP contribution in [0, 0.1) is 0 Å². The van der Waals surface area contributed by atoms with Crippen LogP contribution in [0.15, 0.2) is 121 Å². The highest BCUT2D eigenvalue weighted by atomic mass is 16.1. The van der Waals surface area contributed by atoms with Gasteiger partial charge in [0.05, 0.1) is 0 Å². The van der Waals surface area contributed by atoms with Gasteiger partial charge >= 0.3 is 0 Å². The number of anilines is 4. The van der Waals surface area contributed by atoms with Crippen LogP contribution in [0.25, 0.3) is 0 Å². The summed E-state index contributed by atoms with van der Waals surface area (Å²) in [5.74, 6) is 0.186. The molecule has 5 heteroatoms. The average molecular weight is 475 g/mol. The smallest absolute Gasteiger partial charge is 0.218 e. The van der Waals surface area contributed by atoms with E-state index in [0.717, 1.165) is 48.9 Å². The Bertz CT molecular complexity index is 1090. The van der Waals surface area contributed by atoms with E-state index in [0.29, 0.717) is 0 Å². The van der Waals surface area contributed by atoms with Crippen molar-refractivity contribution in [2.45, 2.75) is 12.3 Å². The van der Waals surface area contributed by atoms with Crippen molar-refractivity contribution in [2.75, 3.05) is 45.8 Å². The molecule has 0 spiro atoms. The van der Waals surface area contributed by atoms with E-state index in [1.807, 2.05) is 72.8 Å². The summed E-state index contributed by atoms with van der Waals surface area (Å²) in [4.78, 5) is 23.9. The van der Waals surface area contributed by atoms with Gasteiger partial charge in [-0.25, -0.2) is 0 Å². The molecule has 0 N–H and O–H groups in total. The van der Waals surface area contributed by atoms with Crippen molar-refractivity contribution >= 4 is 28.5 Å². The Morgan fingerprint density at radius 2 is 0.639 bits per heavy atom. The minimum Gasteiger partial charge on any atom is -0.343 e. The molecule has 0 unspecified atom stereocenters. The van der Waals surface area contributed by atoms with Gasteiger partial charge in [0.25, 0.3) is 0 Å². The highest BCUT2D eigenvalue weighted by Crippen LogP contribution is 2.34. The molecule has 2 fully saturated rings. The summed E-state index contributed by atoms with van der Waals surface area (Å²) >= 11 is 0. The Hall–Kier alpha value is -4.25. The molecule has 0 aliphatic carbocycles. The maximum absolute atomic E-state index is 14.8. The van der Waals surface area contributed by atoms with E-state index in [4.69, 9.17) is 0 Å². The second-order valence-electron chi connectivity index (χ2n) is 9.27. The molecule has 2 aliphatic heterocycles. The summed E-state index contributed by atoms with van der Waals surface area (Å²) in [6, 6.07) is 41.3. The van der Waals surface area contributed by atoms with Crippen molar-refractivity contribution in [1.29, 1.82) is 0 Å². The second-order valence-corrected chi connectivity index (χ2v) is 9.27. The zero-order valence-corrected chi connectivity index (χ0v) is 20.2. The van der Waals surface area contributed by atoms with Crippen molar-refractivity contribution in [2.24, 2.45) is 0 Å². The highest BCUT2D eigenvalue weighted by Gasteiger charge is 2.47. The Balaban J connectivity index is 1.44. The molecular weight excluding hydrogens is 444 g/mol. The summed E-state index contributed by atoms with van der Waals surface area (Å²) in [5.41, 5.74) is 4.30. The SMILES string of the molecule is O=C(C1N(c2ccccc2)CCN1c1ccccc1)C1N(c2ccccc2)CCN1c1ccccc1. The Morgan fingerprint density at radius 3 is 0.861 bits per heavy atom. The average Bonchev–Trinajstić information content (AvgIpc) is 3.60. The lowest BCUT2D eigenvalue weighted by molar-refractivity contribution is -0.121. The molecule has 0 amide bonds. The van der Waals surface area contributed by atoms with Crippen LogP contribution < -0.4 is 19.6 Å². The maximum Gasteiger partial charge on any atom is 0.218 e. The van der Waals surface area contributed by atoms with Crippen molar-refractivity contribution < 1.29 is 4.79 Å². The van der Waals surface area contributed by atoms with E-state index in [1.165, 1.54) is 0 Å². The van der Waals surface area contributed by atoms with Crippen LogP contribution in [0.4, 0.5) is 22.7 Å². The summed E-state index contributed by atoms with van der Waals surface area (Å²) in [6.45, 7) is 3.16. The fraction of sp³-hybridized carbons (Fsp3) is 0.194. The van der Waals surface area contributed by atoms with Gasteiger partial charge in [0.15, 0.2) is 12.3 Å². The summed E-state index contributed by atoms with van der Waals surface area (Å²) in [7, 11) is 0. The molecule has 2 aliphatic rings. The normalized spacial score (nSPS) is 16.7. The molecule has 5 nitrogen and oxygen atoms in total. The molecule has 36 heavy (non-hydrogen) atoms. The molecule has 0 atom stereocenters. The van der Waals surface area contributed by atoms with Gasteiger partial charge in [-0.1, -0.05) is 72.8 Å². The Labute approximate surface area is 212 Å². The number of rotatable bonds is 6. The molecule has 180 valence electrons. The van der Waals surface area contributed by atoms with Gasteiger partial charge in [-0.3, -0.25) is 4.79 Å². The van der Waals surface area contributed by atoms with E-state index in [1.54, 1.807) is 0 Å². The van der Waals surface area contributed by atoms with Gasteiger partial charge in [-0.2, -0.15) is 0 Å². The maximum atomic E-state index is 14.8. The Morgan fingerprint density at radius 1 is 0.417 bits per heavy atom. The number of carbonyl (C=O) groups excluding carboxylic acids is 1. The van der Waals surface area contributed by atoms with Crippen LogP contribution >= 0.6 is 0 Å². The first-order chi connectivity index (χ1) is 17.8. The number of carbonyl (C=O) groups is 1. The van der Waals surface area contributed by atoms with Gasteiger partial charge in [0, 0.05) is 48.9 Å². The molecule has 4 aromatic rings. The van der Waals surface area contributed by atoms with Crippen molar-refractivity contribution in [3.8, 4) is 0 Å². The minimum atomic E-state index is -0.407. The first kappa shape index (κ1) is 22.2. The van der Waals surface area contributed by atoms with Crippen LogP contribution in [0.5, 0.6) is 0 Å². The van der Waals surface area contributed by atoms with Crippen molar-refractivity contribution in [3.05, 3.63) is 121 Å². The summed E-state index contributed by atoms with van der Waals surface area (Å²) < 4.78 is 0. The molecule has 2 heterocycles. The third-order valence-electron chi connectivity index (χ3n) is 7.20. The van der Waals surface area contributed by atoms with Crippen LogP contribution in [0.2, 0.25) is 0 Å². The molecule has 0 saturated carbocycles. The second kappa shape index (κ2) is 9.78. The number of Topliss-reactive ketones (excluding diaryl/α,β-unsaturated/α-hetero) is 1. The van der Waals surface area contributed by atoms with E-state index >= 15 is 0 Å². The fourth-order valence-corrected chi connectivity index (χ4v) is 5.56. The van der Waals surface area contributed by atoms with Gasteiger partial charge in [0.2, 0.25) is 5.78 Å². The van der Waals surface area contributed by atoms with Crippen molar-refractivity contribution in [1.82, 2.24) is 0 Å². The number of ketones is 1. The lowest BCUT2D eigenvalue weighted by Gasteiger charge is -2.38. The van der Waals surface area contributed by atoms with Crippen LogP contribution in [-0.4, -0.2) is 44.3 Å². The van der Waals surface area contributed by atoms with Gasteiger partial charge in [-0.15, -0.1) is 0 Å². The quantitative estimate of drug-likeness (QED) is 0.380. The number of benzene rings is 4.